The lowest BCUT2D eigenvalue weighted by atomic mass is 10.2. The predicted molar refractivity (Wildman–Crippen MR) is 66.8 cm³/mol. The van der Waals surface area contributed by atoms with Crippen LogP contribution in [0.2, 0.25) is 0 Å². The fourth-order valence-electron chi connectivity index (χ4n) is 1.34. The topological polar surface area (TPSA) is 56.4 Å². The van der Waals surface area contributed by atoms with Crippen molar-refractivity contribution in [3.63, 3.8) is 0 Å². The summed E-state index contributed by atoms with van der Waals surface area (Å²) in [6.45, 7) is 8.99. The Labute approximate surface area is 98.9 Å². The van der Waals surface area contributed by atoms with E-state index in [4.69, 9.17) is 0 Å². The normalized spacial score (nSPS) is 12.8. The maximum Gasteiger partial charge on any atom is 0.219 e. The molecule has 0 aliphatic heterocycles. The fraction of sp³-hybridized carbons (Fsp3) is 0.909. The van der Waals surface area contributed by atoms with E-state index in [1.807, 2.05) is 0 Å². The molecule has 0 spiro atoms. The first-order valence-electron chi connectivity index (χ1n) is 6.06. The van der Waals surface area contributed by atoms with Gasteiger partial charge in [-0.25, -0.2) is 5.01 Å². The third-order valence-corrected chi connectivity index (χ3v) is 2.48. The molecule has 1 unspecified atom stereocenters. The number of carbonyl (C=O) groups is 1. The van der Waals surface area contributed by atoms with Crippen LogP contribution in [0, 0.1) is 0 Å². The quantitative estimate of drug-likeness (QED) is 0.394. The molecule has 0 bridgehead atoms. The molecule has 0 aliphatic carbocycles. The predicted octanol–water partition coefficient (Wildman–Crippen LogP) is 0.295. The molecule has 0 aromatic heterocycles. The average molecular weight is 230 g/mol. The lowest BCUT2D eigenvalue weighted by Gasteiger charge is -2.23. The monoisotopic (exact) mass is 230 g/mol. The van der Waals surface area contributed by atoms with E-state index in [2.05, 4.69) is 41.8 Å². The Morgan fingerprint density at radius 1 is 1.38 bits per heavy atom. The van der Waals surface area contributed by atoms with Crippen molar-refractivity contribution in [3.8, 4) is 0 Å². The molecule has 5 heteroatoms. The molecule has 5 nitrogen and oxygen atoms in total. The second-order valence-electron chi connectivity index (χ2n) is 3.84. The molecule has 1 atom stereocenters. The van der Waals surface area contributed by atoms with Gasteiger partial charge in [0.1, 0.15) is 0 Å². The van der Waals surface area contributed by atoms with Crippen LogP contribution in [0.25, 0.3) is 0 Å². The zero-order chi connectivity index (χ0) is 12.4. The zero-order valence-corrected chi connectivity index (χ0v) is 11.0. The number of hydrazine groups is 1. The molecule has 0 fully saturated rings. The molecule has 0 aliphatic rings. The lowest BCUT2D eigenvalue weighted by molar-refractivity contribution is -0.120. The van der Waals surface area contributed by atoms with Crippen LogP contribution in [0.3, 0.4) is 0 Å². The van der Waals surface area contributed by atoms with E-state index >= 15 is 0 Å². The molecule has 96 valence electrons. The molecule has 0 radical (unpaired) electrons. The summed E-state index contributed by atoms with van der Waals surface area (Å²) >= 11 is 0. The van der Waals surface area contributed by atoms with Crippen molar-refractivity contribution in [2.75, 3.05) is 26.8 Å². The van der Waals surface area contributed by atoms with E-state index in [1.165, 1.54) is 0 Å². The highest BCUT2D eigenvalue weighted by atomic mass is 16.1. The molecular formula is C11H26N4O. The maximum absolute atomic E-state index is 11.1. The molecule has 0 saturated heterocycles. The third-order valence-electron chi connectivity index (χ3n) is 2.48. The van der Waals surface area contributed by atoms with E-state index in [9.17, 15) is 4.79 Å². The summed E-state index contributed by atoms with van der Waals surface area (Å²) in [6, 6.07) is 0.352. The SMILES string of the molecule is CCNN(CC)CNC(C)CCC(=O)NC. The molecule has 16 heavy (non-hydrogen) atoms. The van der Waals surface area contributed by atoms with Crippen molar-refractivity contribution < 1.29 is 4.79 Å². The lowest BCUT2D eigenvalue weighted by Crippen LogP contribution is -2.46. The number of hydrogen-bond acceptors (Lipinski definition) is 4. The molecule has 3 N–H and O–H groups in total. The van der Waals surface area contributed by atoms with Crippen LogP contribution in [0.15, 0.2) is 0 Å². The zero-order valence-electron chi connectivity index (χ0n) is 11.0. The van der Waals surface area contributed by atoms with Gasteiger partial charge in [-0.1, -0.05) is 13.8 Å². The van der Waals surface area contributed by atoms with Crippen molar-refractivity contribution in [1.82, 2.24) is 21.1 Å². The van der Waals surface area contributed by atoms with Gasteiger partial charge in [-0.2, -0.15) is 0 Å². The van der Waals surface area contributed by atoms with E-state index in [0.717, 1.165) is 26.2 Å². The minimum atomic E-state index is 0.104. The van der Waals surface area contributed by atoms with Crippen molar-refractivity contribution in [1.29, 1.82) is 0 Å². The first-order valence-corrected chi connectivity index (χ1v) is 6.06. The molecule has 0 rings (SSSR count). The van der Waals surface area contributed by atoms with E-state index in [-0.39, 0.29) is 5.91 Å². The number of hydrogen-bond donors (Lipinski definition) is 3. The van der Waals surface area contributed by atoms with Crippen molar-refractivity contribution in [2.24, 2.45) is 0 Å². The second-order valence-corrected chi connectivity index (χ2v) is 3.84. The first kappa shape index (κ1) is 15.3. The minimum Gasteiger partial charge on any atom is -0.359 e. The van der Waals surface area contributed by atoms with Crippen LogP contribution < -0.4 is 16.1 Å². The number of nitrogens with one attached hydrogen (secondary N) is 3. The Hall–Kier alpha value is -0.650. The maximum atomic E-state index is 11.1. The number of rotatable bonds is 9. The summed E-state index contributed by atoms with van der Waals surface area (Å²) < 4.78 is 0. The van der Waals surface area contributed by atoms with Gasteiger partial charge in [0, 0.05) is 32.6 Å². The summed E-state index contributed by atoms with van der Waals surface area (Å²) in [5, 5.41) is 8.13. The molecule has 1 amide bonds. The Kier molecular flexibility index (Phi) is 9.18. The van der Waals surface area contributed by atoms with Gasteiger partial charge in [-0.15, -0.1) is 0 Å². The van der Waals surface area contributed by atoms with Crippen LogP contribution in [-0.4, -0.2) is 43.8 Å². The highest BCUT2D eigenvalue weighted by Crippen LogP contribution is 1.96. The van der Waals surface area contributed by atoms with Crippen LogP contribution in [0.5, 0.6) is 0 Å². The number of nitrogens with zero attached hydrogens (tertiary/aromatic N) is 1. The van der Waals surface area contributed by atoms with Gasteiger partial charge in [-0.3, -0.25) is 10.2 Å². The van der Waals surface area contributed by atoms with Gasteiger partial charge in [0.2, 0.25) is 5.91 Å². The standard InChI is InChI=1S/C11H26N4O/c1-5-14-15(6-2)9-13-10(3)7-8-11(16)12-4/h10,13-14H,5-9H2,1-4H3,(H,12,16). The first-order chi connectivity index (χ1) is 7.63. The molecule has 0 heterocycles. The van der Waals surface area contributed by atoms with Gasteiger partial charge >= 0.3 is 0 Å². The van der Waals surface area contributed by atoms with Gasteiger partial charge in [0.05, 0.1) is 6.67 Å². The Morgan fingerprint density at radius 3 is 2.56 bits per heavy atom. The molecule has 0 aromatic rings. The summed E-state index contributed by atoms with van der Waals surface area (Å²) in [6.07, 6.45) is 1.45. The second kappa shape index (κ2) is 9.57. The summed E-state index contributed by atoms with van der Waals surface area (Å²) in [4.78, 5) is 11.1. The van der Waals surface area contributed by atoms with Crippen LogP contribution in [-0.2, 0) is 4.79 Å². The summed E-state index contributed by atoms with van der Waals surface area (Å²) in [5.74, 6) is 0.104. The Balaban J connectivity index is 3.62. The fourth-order valence-corrected chi connectivity index (χ4v) is 1.34. The number of amides is 1. The van der Waals surface area contributed by atoms with Crippen LogP contribution >= 0.6 is 0 Å². The van der Waals surface area contributed by atoms with Gasteiger partial charge in [-0.05, 0) is 13.3 Å². The van der Waals surface area contributed by atoms with Crippen LogP contribution in [0.1, 0.15) is 33.6 Å². The largest absolute Gasteiger partial charge is 0.359 e. The highest BCUT2D eigenvalue weighted by molar-refractivity contribution is 5.75. The van der Waals surface area contributed by atoms with E-state index < -0.39 is 0 Å². The number of carbonyl (C=O) groups excluding carboxylic acids is 1. The third kappa shape index (κ3) is 7.62. The van der Waals surface area contributed by atoms with Crippen molar-refractivity contribution in [2.45, 2.75) is 39.7 Å². The van der Waals surface area contributed by atoms with Crippen molar-refractivity contribution >= 4 is 5.91 Å². The average Bonchev–Trinajstić information content (AvgIpc) is 2.31. The Bertz CT molecular complexity index is 187. The van der Waals surface area contributed by atoms with Crippen molar-refractivity contribution in [3.05, 3.63) is 0 Å². The van der Waals surface area contributed by atoms with Gasteiger partial charge < -0.3 is 10.6 Å². The van der Waals surface area contributed by atoms with Crippen LogP contribution in [0.4, 0.5) is 0 Å². The smallest absolute Gasteiger partial charge is 0.219 e. The molecular weight excluding hydrogens is 204 g/mol. The summed E-state index contributed by atoms with van der Waals surface area (Å²) in [7, 11) is 1.67. The van der Waals surface area contributed by atoms with Gasteiger partial charge in [0.15, 0.2) is 0 Å². The molecule has 0 aromatic carbocycles. The van der Waals surface area contributed by atoms with E-state index in [0.29, 0.717) is 12.5 Å². The van der Waals surface area contributed by atoms with E-state index in [1.54, 1.807) is 7.05 Å². The summed E-state index contributed by atoms with van der Waals surface area (Å²) in [5.41, 5.74) is 3.26. The Morgan fingerprint density at radius 2 is 2.06 bits per heavy atom. The molecule has 0 saturated carbocycles. The highest BCUT2D eigenvalue weighted by Gasteiger charge is 2.06. The van der Waals surface area contributed by atoms with Gasteiger partial charge in [0.25, 0.3) is 0 Å². The minimum absolute atomic E-state index is 0.104.